The van der Waals surface area contributed by atoms with Crippen LogP contribution in [0.2, 0.25) is 0 Å². The number of fused-ring (bicyclic) bond motifs is 1. The number of non-ortho nitro benzene ring substituents is 1. The van der Waals surface area contributed by atoms with Crippen LogP contribution in [0.3, 0.4) is 0 Å². The van der Waals surface area contributed by atoms with Crippen molar-refractivity contribution in [3.8, 4) is 0 Å². The molecule has 2 aromatic rings. The van der Waals surface area contributed by atoms with Gasteiger partial charge in [-0.2, -0.15) is 4.99 Å². The lowest BCUT2D eigenvalue weighted by atomic mass is 9.92. The van der Waals surface area contributed by atoms with Crippen molar-refractivity contribution in [1.82, 2.24) is 9.47 Å². The fourth-order valence-electron chi connectivity index (χ4n) is 4.07. The molecule has 0 spiro atoms. The van der Waals surface area contributed by atoms with Crippen LogP contribution in [0, 0.1) is 22.0 Å². The molecule has 34 heavy (non-hydrogen) atoms. The van der Waals surface area contributed by atoms with Gasteiger partial charge in [0.15, 0.2) is 4.80 Å². The van der Waals surface area contributed by atoms with Crippen molar-refractivity contribution < 1.29 is 24.0 Å². The van der Waals surface area contributed by atoms with Crippen molar-refractivity contribution in [2.45, 2.75) is 33.7 Å². The molecule has 1 fully saturated rings. The molecule has 1 aliphatic rings. The van der Waals surface area contributed by atoms with Crippen LogP contribution in [0.5, 0.6) is 0 Å². The average molecular weight is 509 g/mol. The van der Waals surface area contributed by atoms with Crippen LogP contribution in [0.1, 0.15) is 27.2 Å². The number of rotatable bonds is 8. The normalized spacial score (nSPS) is 18.8. The number of nitro benzene ring substituents is 1. The van der Waals surface area contributed by atoms with Crippen LogP contribution in [-0.4, -0.2) is 63.4 Å². The molecule has 2 atom stereocenters. The lowest BCUT2D eigenvalue weighted by molar-refractivity contribution is -0.384. The number of ether oxygens (including phenoxy) is 1. The van der Waals surface area contributed by atoms with E-state index in [4.69, 9.17) is 4.74 Å². The van der Waals surface area contributed by atoms with Gasteiger partial charge >= 0.3 is 5.97 Å². The highest BCUT2D eigenvalue weighted by Crippen LogP contribution is 2.24. The smallest absolute Gasteiger partial charge is 0.326 e. The second-order valence-corrected chi connectivity index (χ2v) is 10.4. The largest absolute Gasteiger partial charge is 0.465 e. The monoisotopic (exact) mass is 508 g/mol. The number of piperidine rings is 1. The number of thiazole rings is 1. The molecule has 0 saturated carbocycles. The standard InChI is InChI=1S/C22H28N4O6S2/c1-4-32-21(29)11-25-17-6-5-16(26(30)31)8-18(17)34-22(25)23-19(27)12-33-13-20(28)24-9-14(2)7-15(3)10-24/h5-6,8,14-15H,4,7,9-13H2,1-3H3. The summed E-state index contributed by atoms with van der Waals surface area (Å²) in [5.74, 6) is 0.209. The van der Waals surface area contributed by atoms with Crippen LogP contribution >= 0.6 is 23.1 Å². The van der Waals surface area contributed by atoms with E-state index >= 15 is 0 Å². The number of benzene rings is 1. The van der Waals surface area contributed by atoms with E-state index in [0.29, 0.717) is 22.1 Å². The van der Waals surface area contributed by atoms with E-state index in [1.807, 2.05) is 4.90 Å². The molecule has 2 amide bonds. The highest BCUT2D eigenvalue weighted by atomic mass is 32.2. The topological polar surface area (TPSA) is 124 Å². The van der Waals surface area contributed by atoms with Gasteiger partial charge in [-0.15, -0.1) is 11.8 Å². The Hall–Kier alpha value is -2.73. The van der Waals surface area contributed by atoms with Gasteiger partial charge < -0.3 is 14.2 Å². The Morgan fingerprint density at radius 1 is 1.24 bits per heavy atom. The number of hydrogen-bond donors (Lipinski definition) is 0. The maximum atomic E-state index is 12.5. The summed E-state index contributed by atoms with van der Waals surface area (Å²) in [4.78, 5) is 54.0. The molecule has 3 rings (SSSR count). The number of carbonyl (C=O) groups is 3. The summed E-state index contributed by atoms with van der Waals surface area (Å²) in [5.41, 5.74) is 0.455. The van der Waals surface area contributed by atoms with E-state index in [1.165, 1.54) is 34.5 Å². The van der Waals surface area contributed by atoms with E-state index < -0.39 is 16.8 Å². The lowest BCUT2D eigenvalue weighted by Crippen LogP contribution is -2.43. The minimum Gasteiger partial charge on any atom is -0.465 e. The number of thioether (sulfide) groups is 1. The van der Waals surface area contributed by atoms with Gasteiger partial charge in [0.2, 0.25) is 5.91 Å². The fourth-order valence-corrected chi connectivity index (χ4v) is 5.85. The van der Waals surface area contributed by atoms with Crippen LogP contribution in [0.15, 0.2) is 23.2 Å². The molecule has 2 heterocycles. The van der Waals surface area contributed by atoms with Gasteiger partial charge in [-0.1, -0.05) is 25.2 Å². The van der Waals surface area contributed by atoms with Crippen LogP contribution < -0.4 is 4.80 Å². The fraction of sp³-hybridized carbons (Fsp3) is 0.545. The molecule has 184 valence electrons. The lowest BCUT2D eigenvalue weighted by Gasteiger charge is -2.35. The molecular weight excluding hydrogens is 480 g/mol. The Kier molecular flexibility index (Phi) is 8.84. The SMILES string of the molecule is CCOC(=O)Cn1c(=NC(=O)CSCC(=O)N2CC(C)CC(C)C2)sc2cc([N+](=O)[O-])ccc21. The van der Waals surface area contributed by atoms with Crippen LogP contribution in [0.4, 0.5) is 5.69 Å². The first-order chi connectivity index (χ1) is 16.2. The molecule has 1 saturated heterocycles. The van der Waals surface area contributed by atoms with Crippen LogP contribution in [-0.2, 0) is 25.7 Å². The van der Waals surface area contributed by atoms with Gasteiger partial charge in [-0.3, -0.25) is 24.5 Å². The summed E-state index contributed by atoms with van der Waals surface area (Å²) in [6.07, 6.45) is 1.11. The number of likely N-dealkylation sites (tertiary alicyclic amines) is 1. The molecular formula is C22H28N4O6S2. The quantitative estimate of drug-likeness (QED) is 0.305. The summed E-state index contributed by atoms with van der Waals surface area (Å²) in [6, 6.07) is 4.26. The number of esters is 1. The third-order valence-corrected chi connectivity index (χ3v) is 7.31. The highest BCUT2D eigenvalue weighted by Gasteiger charge is 2.25. The number of hydrogen-bond acceptors (Lipinski definition) is 8. The first-order valence-electron chi connectivity index (χ1n) is 11.0. The van der Waals surface area contributed by atoms with E-state index in [0.717, 1.165) is 30.8 Å². The molecule has 12 heteroatoms. The van der Waals surface area contributed by atoms with Gasteiger partial charge in [0.1, 0.15) is 6.54 Å². The van der Waals surface area contributed by atoms with Gasteiger partial charge in [0, 0.05) is 25.2 Å². The van der Waals surface area contributed by atoms with Gasteiger partial charge in [0.05, 0.1) is 33.3 Å². The zero-order valence-corrected chi connectivity index (χ0v) is 21.0. The summed E-state index contributed by atoms with van der Waals surface area (Å²) in [6.45, 7) is 7.48. The molecule has 1 aliphatic heterocycles. The summed E-state index contributed by atoms with van der Waals surface area (Å²) in [5, 5.41) is 11.1. The van der Waals surface area contributed by atoms with Crippen molar-refractivity contribution in [3.05, 3.63) is 33.1 Å². The van der Waals surface area contributed by atoms with E-state index in [9.17, 15) is 24.5 Å². The van der Waals surface area contributed by atoms with Gasteiger partial charge in [0.25, 0.3) is 11.6 Å². The minimum atomic E-state index is -0.506. The van der Waals surface area contributed by atoms with Crippen molar-refractivity contribution in [2.24, 2.45) is 16.8 Å². The van der Waals surface area contributed by atoms with Crippen molar-refractivity contribution in [2.75, 3.05) is 31.2 Å². The Bertz CT molecular complexity index is 1150. The highest BCUT2D eigenvalue weighted by molar-refractivity contribution is 8.00. The third kappa shape index (κ3) is 6.66. The first kappa shape index (κ1) is 25.9. The second-order valence-electron chi connectivity index (χ2n) is 8.43. The van der Waals surface area contributed by atoms with E-state index in [2.05, 4.69) is 18.8 Å². The number of nitro groups is 1. The van der Waals surface area contributed by atoms with Crippen molar-refractivity contribution in [1.29, 1.82) is 0 Å². The maximum Gasteiger partial charge on any atom is 0.326 e. The Morgan fingerprint density at radius 3 is 2.59 bits per heavy atom. The summed E-state index contributed by atoms with van der Waals surface area (Å²) in [7, 11) is 0. The molecule has 0 aliphatic carbocycles. The Labute approximate surface area is 205 Å². The third-order valence-electron chi connectivity index (χ3n) is 5.36. The predicted octanol–water partition coefficient (Wildman–Crippen LogP) is 2.84. The van der Waals surface area contributed by atoms with Crippen LogP contribution in [0.25, 0.3) is 10.2 Å². The summed E-state index contributed by atoms with van der Waals surface area (Å²) >= 11 is 2.29. The first-order valence-corrected chi connectivity index (χ1v) is 13.0. The number of nitrogens with zero attached hydrogens (tertiary/aromatic N) is 4. The van der Waals surface area contributed by atoms with Crippen molar-refractivity contribution >= 4 is 56.8 Å². The number of amides is 2. The average Bonchev–Trinajstić information content (AvgIpc) is 3.09. The Balaban J connectivity index is 1.74. The molecule has 10 nitrogen and oxygen atoms in total. The molecule has 0 N–H and O–H groups in total. The van der Waals surface area contributed by atoms with Crippen molar-refractivity contribution in [3.63, 3.8) is 0 Å². The minimum absolute atomic E-state index is 0.0124. The molecule has 1 aromatic carbocycles. The number of carbonyl (C=O) groups excluding carboxylic acids is 3. The van der Waals surface area contributed by atoms with Gasteiger partial charge in [-0.25, -0.2) is 0 Å². The Morgan fingerprint density at radius 2 is 1.94 bits per heavy atom. The molecule has 0 radical (unpaired) electrons. The zero-order valence-electron chi connectivity index (χ0n) is 19.4. The molecule has 1 aromatic heterocycles. The zero-order chi connectivity index (χ0) is 24.8. The predicted molar refractivity (Wildman–Crippen MR) is 131 cm³/mol. The van der Waals surface area contributed by atoms with E-state index in [-0.39, 0.29) is 41.1 Å². The number of aromatic nitrogens is 1. The van der Waals surface area contributed by atoms with E-state index in [1.54, 1.807) is 6.92 Å². The molecule has 0 bridgehead atoms. The molecule has 2 unspecified atom stereocenters. The second kappa shape index (κ2) is 11.6. The van der Waals surface area contributed by atoms with Gasteiger partial charge in [-0.05, 0) is 31.2 Å². The maximum absolute atomic E-state index is 12.5. The summed E-state index contributed by atoms with van der Waals surface area (Å²) < 4.78 is 7.06.